The normalized spacial score (nSPS) is 13.9. The first-order chi connectivity index (χ1) is 6.92. The number of aryl methyl sites for hydroxylation is 1. The highest BCUT2D eigenvalue weighted by molar-refractivity contribution is 5.16. The van der Waals surface area contributed by atoms with Crippen molar-refractivity contribution in [1.29, 1.82) is 0 Å². The standard InChI is InChI=1S/C12H20N2O/c1-9-5-11(7-13-6-9)8-14-12(3,4)10(2)15/h5-7,10,14-15H,8H2,1-4H3. The van der Waals surface area contributed by atoms with E-state index in [2.05, 4.69) is 16.4 Å². The van der Waals surface area contributed by atoms with Crippen molar-refractivity contribution in [2.45, 2.75) is 45.9 Å². The molecule has 0 saturated carbocycles. The van der Waals surface area contributed by atoms with Crippen LogP contribution in [0.1, 0.15) is 31.9 Å². The van der Waals surface area contributed by atoms with Gasteiger partial charge in [0.25, 0.3) is 0 Å². The number of nitrogens with zero attached hydrogens (tertiary/aromatic N) is 1. The summed E-state index contributed by atoms with van der Waals surface area (Å²) in [6, 6.07) is 2.10. The molecule has 1 atom stereocenters. The van der Waals surface area contributed by atoms with Crippen molar-refractivity contribution in [3.8, 4) is 0 Å². The van der Waals surface area contributed by atoms with Gasteiger partial charge >= 0.3 is 0 Å². The van der Waals surface area contributed by atoms with E-state index in [9.17, 15) is 5.11 Å². The molecule has 2 N–H and O–H groups in total. The molecule has 1 aromatic heterocycles. The minimum absolute atomic E-state index is 0.274. The van der Waals surface area contributed by atoms with Crippen molar-refractivity contribution >= 4 is 0 Å². The maximum absolute atomic E-state index is 9.53. The van der Waals surface area contributed by atoms with Crippen LogP contribution in [0.5, 0.6) is 0 Å². The van der Waals surface area contributed by atoms with Crippen LogP contribution in [0.3, 0.4) is 0 Å². The molecule has 0 aliphatic carbocycles. The number of aromatic nitrogens is 1. The Morgan fingerprint density at radius 2 is 2.13 bits per heavy atom. The van der Waals surface area contributed by atoms with Crippen LogP contribution in [0.2, 0.25) is 0 Å². The first-order valence-corrected chi connectivity index (χ1v) is 5.25. The lowest BCUT2D eigenvalue weighted by molar-refractivity contribution is 0.0956. The molecule has 3 nitrogen and oxygen atoms in total. The fraction of sp³-hybridized carbons (Fsp3) is 0.583. The Kier molecular flexibility index (Phi) is 3.83. The van der Waals surface area contributed by atoms with Crippen LogP contribution in [-0.4, -0.2) is 21.7 Å². The average Bonchev–Trinajstić information content (AvgIpc) is 2.15. The molecule has 15 heavy (non-hydrogen) atoms. The number of aliphatic hydroxyl groups excluding tert-OH is 1. The summed E-state index contributed by atoms with van der Waals surface area (Å²) in [5.41, 5.74) is 2.02. The van der Waals surface area contributed by atoms with Gasteiger partial charge in [0.05, 0.1) is 6.10 Å². The maximum Gasteiger partial charge on any atom is 0.0688 e. The van der Waals surface area contributed by atoms with E-state index in [-0.39, 0.29) is 11.6 Å². The van der Waals surface area contributed by atoms with Gasteiger partial charge in [0.2, 0.25) is 0 Å². The summed E-state index contributed by atoms with van der Waals surface area (Å²) in [6.45, 7) is 8.52. The fourth-order valence-corrected chi connectivity index (χ4v) is 1.19. The number of pyridine rings is 1. The minimum Gasteiger partial charge on any atom is -0.392 e. The van der Waals surface area contributed by atoms with Crippen LogP contribution in [0, 0.1) is 6.92 Å². The molecule has 1 heterocycles. The Balaban J connectivity index is 2.57. The summed E-state index contributed by atoms with van der Waals surface area (Å²) >= 11 is 0. The highest BCUT2D eigenvalue weighted by Crippen LogP contribution is 2.10. The van der Waals surface area contributed by atoms with Crippen LogP contribution >= 0.6 is 0 Å². The van der Waals surface area contributed by atoms with Gasteiger partial charge in [-0.15, -0.1) is 0 Å². The van der Waals surface area contributed by atoms with Crippen LogP contribution in [0.25, 0.3) is 0 Å². The van der Waals surface area contributed by atoms with E-state index in [0.29, 0.717) is 0 Å². The molecule has 0 aliphatic heterocycles. The molecule has 0 spiro atoms. The molecule has 1 unspecified atom stereocenters. The van der Waals surface area contributed by atoms with E-state index in [4.69, 9.17) is 0 Å². The molecule has 0 saturated heterocycles. The van der Waals surface area contributed by atoms with Crippen molar-refractivity contribution in [1.82, 2.24) is 10.3 Å². The first kappa shape index (κ1) is 12.1. The second kappa shape index (κ2) is 4.73. The zero-order valence-corrected chi connectivity index (χ0v) is 9.91. The monoisotopic (exact) mass is 208 g/mol. The molecular weight excluding hydrogens is 188 g/mol. The van der Waals surface area contributed by atoms with Crippen LogP contribution in [0.15, 0.2) is 18.5 Å². The average molecular weight is 208 g/mol. The molecule has 0 radical (unpaired) electrons. The van der Waals surface area contributed by atoms with Gasteiger partial charge in [-0.1, -0.05) is 6.07 Å². The molecule has 0 bridgehead atoms. The van der Waals surface area contributed by atoms with Crippen molar-refractivity contribution < 1.29 is 5.11 Å². The lowest BCUT2D eigenvalue weighted by Gasteiger charge is -2.29. The van der Waals surface area contributed by atoms with Gasteiger partial charge < -0.3 is 10.4 Å². The molecule has 1 rings (SSSR count). The lowest BCUT2D eigenvalue weighted by Crippen LogP contribution is -2.47. The van der Waals surface area contributed by atoms with Gasteiger partial charge in [-0.05, 0) is 38.8 Å². The SMILES string of the molecule is Cc1cncc(CNC(C)(C)C(C)O)c1. The fourth-order valence-electron chi connectivity index (χ4n) is 1.19. The summed E-state index contributed by atoms with van der Waals surface area (Å²) in [4.78, 5) is 4.13. The zero-order chi connectivity index (χ0) is 11.5. The molecule has 84 valence electrons. The predicted octanol–water partition coefficient (Wildman–Crippen LogP) is 1.64. The number of hydrogen-bond acceptors (Lipinski definition) is 3. The molecule has 0 amide bonds. The van der Waals surface area contributed by atoms with Crippen molar-refractivity contribution in [2.75, 3.05) is 0 Å². The highest BCUT2D eigenvalue weighted by Gasteiger charge is 2.22. The van der Waals surface area contributed by atoms with Gasteiger partial charge in [0, 0.05) is 24.5 Å². The molecule has 1 aromatic rings. The van der Waals surface area contributed by atoms with Crippen LogP contribution in [0.4, 0.5) is 0 Å². The number of hydrogen-bond donors (Lipinski definition) is 2. The zero-order valence-electron chi connectivity index (χ0n) is 9.91. The Hall–Kier alpha value is -0.930. The van der Waals surface area contributed by atoms with Crippen LogP contribution in [-0.2, 0) is 6.54 Å². The van der Waals surface area contributed by atoms with E-state index >= 15 is 0 Å². The summed E-state index contributed by atoms with van der Waals surface area (Å²) in [6.07, 6.45) is 3.30. The molecule has 0 fully saturated rings. The van der Waals surface area contributed by atoms with E-state index < -0.39 is 0 Å². The largest absolute Gasteiger partial charge is 0.392 e. The summed E-state index contributed by atoms with van der Waals surface area (Å²) < 4.78 is 0. The Labute approximate surface area is 91.5 Å². The number of aliphatic hydroxyl groups is 1. The van der Waals surface area contributed by atoms with E-state index in [1.54, 1.807) is 6.92 Å². The lowest BCUT2D eigenvalue weighted by atomic mass is 9.98. The Bertz CT molecular complexity index is 321. The van der Waals surface area contributed by atoms with E-state index in [0.717, 1.165) is 17.7 Å². The van der Waals surface area contributed by atoms with E-state index in [1.807, 2.05) is 33.2 Å². The summed E-state index contributed by atoms with van der Waals surface area (Å²) in [5, 5.41) is 12.8. The van der Waals surface area contributed by atoms with Gasteiger partial charge in [-0.3, -0.25) is 4.98 Å². The third-order valence-corrected chi connectivity index (χ3v) is 2.72. The second-order valence-corrected chi connectivity index (χ2v) is 4.62. The van der Waals surface area contributed by atoms with Crippen molar-refractivity contribution in [3.63, 3.8) is 0 Å². The highest BCUT2D eigenvalue weighted by atomic mass is 16.3. The summed E-state index contributed by atoms with van der Waals surface area (Å²) in [5.74, 6) is 0. The third-order valence-electron chi connectivity index (χ3n) is 2.72. The smallest absolute Gasteiger partial charge is 0.0688 e. The van der Waals surface area contributed by atoms with Gasteiger partial charge in [0.1, 0.15) is 0 Å². The Morgan fingerprint density at radius 1 is 1.47 bits per heavy atom. The number of nitrogens with one attached hydrogen (secondary N) is 1. The topological polar surface area (TPSA) is 45.2 Å². The Morgan fingerprint density at radius 3 is 2.67 bits per heavy atom. The van der Waals surface area contributed by atoms with E-state index in [1.165, 1.54) is 0 Å². The van der Waals surface area contributed by atoms with Crippen molar-refractivity contribution in [2.24, 2.45) is 0 Å². The van der Waals surface area contributed by atoms with Crippen molar-refractivity contribution in [3.05, 3.63) is 29.6 Å². The molecular formula is C12H20N2O. The minimum atomic E-state index is -0.379. The second-order valence-electron chi connectivity index (χ2n) is 4.62. The summed E-state index contributed by atoms with van der Waals surface area (Å²) in [7, 11) is 0. The predicted molar refractivity (Wildman–Crippen MR) is 61.6 cm³/mol. The maximum atomic E-state index is 9.53. The molecule has 0 aromatic carbocycles. The van der Waals surface area contributed by atoms with Crippen LogP contribution < -0.4 is 5.32 Å². The first-order valence-electron chi connectivity index (χ1n) is 5.25. The van der Waals surface area contributed by atoms with Gasteiger partial charge in [-0.2, -0.15) is 0 Å². The number of rotatable bonds is 4. The quantitative estimate of drug-likeness (QED) is 0.790. The molecule has 3 heteroatoms. The third kappa shape index (κ3) is 3.61. The van der Waals surface area contributed by atoms with Gasteiger partial charge in [-0.25, -0.2) is 0 Å². The molecule has 0 aliphatic rings. The van der Waals surface area contributed by atoms with Gasteiger partial charge in [0.15, 0.2) is 0 Å².